The van der Waals surface area contributed by atoms with Crippen LogP contribution in [0.1, 0.15) is 18.9 Å². The summed E-state index contributed by atoms with van der Waals surface area (Å²) in [4.78, 5) is 11.7. The van der Waals surface area contributed by atoms with Gasteiger partial charge in [-0.3, -0.25) is 5.32 Å². The molecule has 1 aromatic carbocycles. The van der Waals surface area contributed by atoms with Crippen LogP contribution in [0.2, 0.25) is 0 Å². The normalized spacial score (nSPS) is 13.4. The largest absolute Gasteiger partial charge is 0.388 e. The van der Waals surface area contributed by atoms with Gasteiger partial charge in [-0.15, -0.1) is 11.3 Å². The number of rotatable bonds is 6. The molecule has 4 nitrogen and oxygen atoms in total. The molecule has 0 aliphatic heterocycles. The summed E-state index contributed by atoms with van der Waals surface area (Å²) >= 11 is 1.46. The Morgan fingerprint density at radius 2 is 2.00 bits per heavy atom. The Morgan fingerprint density at radius 3 is 2.67 bits per heavy atom. The molecular formula is C16H20N2O2S. The van der Waals surface area contributed by atoms with Gasteiger partial charge in [-0.05, 0) is 42.8 Å². The topological polar surface area (TPSA) is 61.4 Å². The van der Waals surface area contributed by atoms with E-state index < -0.39 is 5.60 Å². The summed E-state index contributed by atoms with van der Waals surface area (Å²) in [6.07, 6.45) is 1.37. The van der Waals surface area contributed by atoms with E-state index in [1.165, 1.54) is 16.9 Å². The first-order valence-corrected chi connectivity index (χ1v) is 7.78. The van der Waals surface area contributed by atoms with Crippen molar-refractivity contribution < 1.29 is 9.90 Å². The summed E-state index contributed by atoms with van der Waals surface area (Å²) in [6, 6.07) is 13.4. The lowest BCUT2D eigenvalue weighted by molar-refractivity contribution is 0.0539. The molecule has 2 amide bonds. The third-order valence-electron chi connectivity index (χ3n) is 3.18. The fourth-order valence-electron chi connectivity index (χ4n) is 1.92. The van der Waals surface area contributed by atoms with Crippen molar-refractivity contribution in [3.05, 3.63) is 53.4 Å². The second-order valence-electron chi connectivity index (χ2n) is 5.27. The van der Waals surface area contributed by atoms with Gasteiger partial charge < -0.3 is 10.4 Å². The Bertz CT molecular complexity index is 553. The molecule has 0 fully saturated rings. The molecular weight excluding hydrogens is 284 g/mol. The van der Waals surface area contributed by atoms with Crippen LogP contribution in [0.25, 0.3) is 0 Å². The molecule has 1 aromatic heterocycles. The maximum atomic E-state index is 11.7. The molecule has 21 heavy (non-hydrogen) atoms. The highest BCUT2D eigenvalue weighted by Crippen LogP contribution is 2.15. The van der Waals surface area contributed by atoms with Gasteiger partial charge in [0.2, 0.25) is 0 Å². The van der Waals surface area contributed by atoms with Crippen molar-refractivity contribution in [2.24, 2.45) is 0 Å². The summed E-state index contributed by atoms with van der Waals surface area (Å²) < 4.78 is 0. The molecule has 3 N–H and O–H groups in total. The van der Waals surface area contributed by atoms with E-state index >= 15 is 0 Å². The lowest BCUT2D eigenvalue weighted by Gasteiger charge is -2.23. The highest BCUT2D eigenvalue weighted by atomic mass is 32.1. The third-order valence-corrected chi connectivity index (χ3v) is 3.97. The van der Waals surface area contributed by atoms with Crippen LogP contribution in [-0.4, -0.2) is 23.3 Å². The molecule has 1 atom stereocenters. The number of aryl methyl sites for hydroxylation is 1. The molecule has 2 aromatic rings. The molecule has 0 bridgehead atoms. The fraction of sp³-hybridized carbons (Fsp3) is 0.312. The molecule has 5 heteroatoms. The molecule has 2 rings (SSSR count). The van der Waals surface area contributed by atoms with Crippen LogP contribution in [0.3, 0.4) is 0 Å². The quantitative estimate of drug-likeness (QED) is 0.767. The van der Waals surface area contributed by atoms with E-state index in [1.54, 1.807) is 6.92 Å². The Labute approximate surface area is 128 Å². The fourth-order valence-corrected chi connectivity index (χ4v) is 2.54. The molecule has 0 aliphatic carbocycles. The number of carbonyl (C=O) groups excluding carboxylic acids is 1. The zero-order chi connectivity index (χ0) is 15.1. The molecule has 0 aliphatic rings. The van der Waals surface area contributed by atoms with Crippen molar-refractivity contribution in [2.75, 3.05) is 11.9 Å². The summed E-state index contributed by atoms with van der Waals surface area (Å²) in [5, 5.41) is 18.4. The van der Waals surface area contributed by atoms with Crippen molar-refractivity contribution in [3.8, 4) is 0 Å². The minimum atomic E-state index is -0.928. The molecule has 0 radical (unpaired) electrons. The second kappa shape index (κ2) is 7.24. The first-order valence-electron chi connectivity index (χ1n) is 6.90. The third kappa shape index (κ3) is 5.57. The van der Waals surface area contributed by atoms with E-state index in [0.29, 0.717) is 6.42 Å². The Balaban J connectivity index is 1.74. The van der Waals surface area contributed by atoms with Gasteiger partial charge in [-0.2, -0.15) is 0 Å². The number of anilines is 1. The molecule has 112 valence electrons. The van der Waals surface area contributed by atoms with Gasteiger partial charge in [0.05, 0.1) is 10.6 Å². The second-order valence-corrected chi connectivity index (χ2v) is 6.22. The van der Waals surface area contributed by atoms with Crippen molar-refractivity contribution in [1.29, 1.82) is 0 Å². The smallest absolute Gasteiger partial charge is 0.319 e. The van der Waals surface area contributed by atoms with Crippen LogP contribution >= 0.6 is 11.3 Å². The predicted molar refractivity (Wildman–Crippen MR) is 86.7 cm³/mol. The lowest BCUT2D eigenvalue weighted by atomic mass is 9.97. The predicted octanol–water partition coefficient (Wildman–Crippen LogP) is 3.25. The van der Waals surface area contributed by atoms with Crippen LogP contribution in [-0.2, 0) is 6.42 Å². The number of nitrogens with one attached hydrogen (secondary N) is 2. The highest BCUT2D eigenvalue weighted by molar-refractivity contribution is 7.14. The van der Waals surface area contributed by atoms with Crippen molar-refractivity contribution in [1.82, 2.24) is 5.32 Å². The van der Waals surface area contributed by atoms with E-state index in [-0.39, 0.29) is 12.6 Å². The monoisotopic (exact) mass is 304 g/mol. The van der Waals surface area contributed by atoms with E-state index in [2.05, 4.69) is 10.6 Å². The van der Waals surface area contributed by atoms with Crippen LogP contribution < -0.4 is 10.6 Å². The number of amides is 2. The summed E-state index contributed by atoms with van der Waals surface area (Å²) in [6.45, 7) is 1.96. The number of aliphatic hydroxyl groups is 1. The zero-order valence-electron chi connectivity index (χ0n) is 12.0. The van der Waals surface area contributed by atoms with Crippen LogP contribution in [0.4, 0.5) is 9.80 Å². The molecule has 1 heterocycles. The maximum absolute atomic E-state index is 11.7. The zero-order valence-corrected chi connectivity index (χ0v) is 12.8. The average molecular weight is 304 g/mol. The average Bonchev–Trinajstić information content (AvgIpc) is 2.97. The molecule has 0 saturated heterocycles. The van der Waals surface area contributed by atoms with Crippen LogP contribution in [0.5, 0.6) is 0 Å². The summed E-state index contributed by atoms with van der Waals surface area (Å²) in [5.41, 5.74) is 0.253. The van der Waals surface area contributed by atoms with Gasteiger partial charge in [-0.1, -0.05) is 30.3 Å². The van der Waals surface area contributed by atoms with E-state index in [0.717, 1.165) is 11.4 Å². The van der Waals surface area contributed by atoms with Gasteiger partial charge in [0.1, 0.15) is 0 Å². The van der Waals surface area contributed by atoms with Gasteiger partial charge in [0.15, 0.2) is 0 Å². The molecule has 0 unspecified atom stereocenters. The standard InChI is InChI=1S/C16H20N2O2S/c1-16(20,10-9-13-6-3-2-4-7-13)12-17-15(19)18-14-8-5-11-21-14/h2-8,11,20H,9-10,12H2,1H3,(H2,17,18,19)/t16-/m1/s1. The van der Waals surface area contributed by atoms with E-state index in [4.69, 9.17) is 0 Å². The summed E-state index contributed by atoms with van der Waals surface area (Å²) in [5.74, 6) is 0. The van der Waals surface area contributed by atoms with Crippen molar-refractivity contribution in [2.45, 2.75) is 25.4 Å². The van der Waals surface area contributed by atoms with Crippen LogP contribution in [0, 0.1) is 0 Å². The number of benzene rings is 1. The Hall–Kier alpha value is -1.85. The summed E-state index contributed by atoms with van der Waals surface area (Å²) in [7, 11) is 0. The minimum absolute atomic E-state index is 0.219. The van der Waals surface area contributed by atoms with Gasteiger partial charge >= 0.3 is 6.03 Å². The van der Waals surface area contributed by atoms with Crippen LogP contribution in [0.15, 0.2) is 47.8 Å². The number of urea groups is 1. The Kier molecular flexibility index (Phi) is 5.36. The van der Waals surface area contributed by atoms with Gasteiger partial charge in [0.25, 0.3) is 0 Å². The molecule has 0 saturated carbocycles. The number of carbonyl (C=O) groups is 1. The van der Waals surface area contributed by atoms with E-state index in [1.807, 2.05) is 47.8 Å². The van der Waals surface area contributed by atoms with Gasteiger partial charge in [0, 0.05) is 6.54 Å². The lowest BCUT2D eigenvalue weighted by Crippen LogP contribution is -2.42. The Morgan fingerprint density at radius 1 is 1.24 bits per heavy atom. The minimum Gasteiger partial charge on any atom is -0.388 e. The van der Waals surface area contributed by atoms with Gasteiger partial charge in [-0.25, -0.2) is 4.79 Å². The molecule has 0 spiro atoms. The highest BCUT2D eigenvalue weighted by Gasteiger charge is 2.21. The number of hydrogen-bond donors (Lipinski definition) is 3. The SMILES string of the molecule is C[C@@](O)(CCc1ccccc1)CNC(=O)Nc1cccs1. The number of hydrogen-bond acceptors (Lipinski definition) is 3. The maximum Gasteiger partial charge on any atom is 0.319 e. The van der Waals surface area contributed by atoms with E-state index in [9.17, 15) is 9.90 Å². The first-order chi connectivity index (χ1) is 10.1. The number of thiophene rings is 1. The van der Waals surface area contributed by atoms with Crippen molar-refractivity contribution >= 4 is 22.4 Å². The van der Waals surface area contributed by atoms with Crippen molar-refractivity contribution in [3.63, 3.8) is 0 Å². The first kappa shape index (κ1) is 15.5.